The van der Waals surface area contributed by atoms with Crippen LogP contribution in [0.25, 0.3) is 0 Å². The van der Waals surface area contributed by atoms with Crippen molar-refractivity contribution in [2.45, 2.75) is 26.4 Å². The molecular formula is C17H17BrO2. The van der Waals surface area contributed by atoms with Crippen LogP contribution in [0.5, 0.6) is 5.75 Å². The van der Waals surface area contributed by atoms with Crippen LogP contribution >= 0.6 is 15.9 Å². The summed E-state index contributed by atoms with van der Waals surface area (Å²) in [7, 11) is 0. The minimum absolute atomic E-state index is 0.0107. The van der Waals surface area contributed by atoms with Gasteiger partial charge < -0.3 is 4.74 Å². The maximum atomic E-state index is 12.3. The van der Waals surface area contributed by atoms with Gasteiger partial charge >= 0.3 is 0 Å². The zero-order valence-electron chi connectivity index (χ0n) is 11.6. The molecule has 104 valence electrons. The van der Waals surface area contributed by atoms with Crippen LogP contribution in [0.3, 0.4) is 0 Å². The van der Waals surface area contributed by atoms with Gasteiger partial charge in [0.15, 0.2) is 6.10 Å². The summed E-state index contributed by atoms with van der Waals surface area (Å²) >= 11 is 3.36. The predicted octanol–water partition coefficient (Wildman–Crippen LogP) is 4.66. The Morgan fingerprint density at radius 3 is 2.45 bits per heavy atom. The second kappa shape index (κ2) is 6.71. The van der Waals surface area contributed by atoms with Crippen molar-refractivity contribution in [3.8, 4) is 5.75 Å². The standard InChI is InChI=1S/C17H17BrO2/c1-3-13-6-4-5-7-16(13)20-12(2)17(19)14-8-10-15(18)11-9-14/h4-12H,3H2,1-2H3. The highest BCUT2D eigenvalue weighted by molar-refractivity contribution is 9.10. The Morgan fingerprint density at radius 1 is 1.15 bits per heavy atom. The normalized spacial score (nSPS) is 11.9. The molecule has 3 heteroatoms. The minimum Gasteiger partial charge on any atom is -0.482 e. The second-order valence-corrected chi connectivity index (χ2v) is 5.51. The molecule has 0 aromatic heterocycles. The van der Waals surface area contributed by atoms with Crippen LogP contribution in [0.15, 0.2) is 53.0 Å². The molecular weight excluding hydrogens is 316 g/mol. The van der Waals surface area contributed by atoms with E-state index in [4.69, 9.17) is 4.74 Å². The van der Waals surface area contributed by atoms with Crippen LogP contribution in [0, 0.1) is 0 Å². The molecule has 0 saturated heterocycles. The van der Waals surface area contributed by atoms with Gasteiger partial charge in [0, 0.05) is 10.0 Å². The van der Waals surface area contributed by atoms with E-state index in [1.54, 1.807) is 19.1 Å². The molecule has 0 aliphatic heterocycles. The zero-order chi connectivity index (χ0) is 14.5. The Morgan fingerprint density at radius 2 is 1.80 bits per heavy atom. The molecule has 0 aliphatic rings. The van der Waals surface area contributed by atoms with Gasteiger partial charge in [0.2, 0.25) is 5.78 Å². The summed E-state index contributed by atoms with van der Waals surface area (Å²) in [4.78, 5) is 12.3. The van der Waals surface area contributed by atoms with Gasteiger partial charge in [-0.15, -0.1) is 0 Å². The third-order valence-electron chi connectivity index (χ3n) is 3.16. The number of carbonyl (C=O) groups is 1. The highest BCUT2D eigenvalue weighted by atomic mass is 79.9. The number of benzene rings is 2. The van der Waals surface area contributed by atoms with Crippen molar-refractivity contribution in [2.24, 2.45) is 0 Å². The Balaban J connectivity index is 2.13. The smallest absolute Gasteiger partial charge is 0.202 e. The van der Waals surface area contributed by atoms with Crippen LogP contribution in [0.4, 0.5) is 0 Å². The molecule has 0 amide bonds. The minimum atomic E-state index is -0.496. The van der Waals surface area contributed by atoms with E-state index in [1.807, 2.05) is 36.4 Å². The van der Waals surface area contributed by atoms with Crippen LogP contribution in [0.2, 0.25) is 0 Å². The molecule has 0 N–H and O–H groups in total. The molecule has 0 saturated carbocycles. The monoisotopic (exact) mass is 332 g/mol. The fourth-order valence-electron chi connectivity index (χ4n) is 2.00. The summed E-state index contributed by atoms with van der Waals surface area (Å²) < 4.78 is 6.78. The Kier molecular flexibility index (Phi) is 4.96. The van der Waals surface area contributed by atoms with Gasteiger partial charge in [0.1, 0.15) is 5.75 Å². The maximum Gasteiger partial charge on any atom is 0.202 e. The fraction of sp³-hybridized carbons (Fsp3) is 0.235. The van der Waals surface area contributed by atoms with Crippen LogP contribution in [-0.4, -0.2) is 11.9 Å². The molecule has 0 radical (unpaired) electrons. The van der Waals surface area contributed by atoms with Crippen molar-refractivity contribution in [3.63, 3.8) is 0 Å². The Labute approximate surface area is 127 Å². The summed E-state index contributed by atoms with van der Waals surface area (Å²) in [6.07, 6.45) is 0.388. The van der Waals surface area contributed by atoms with Gasteiger partial charge in [-0.1, -0.05) is 53.2 Å². The first-order chi connectivity index (χ1) is 9.61. The van der Waals surface area contributed by atoms with Crippen molar-refractivity contribution in [1.82, 2.24) is 0 Å². The van der Waals surface area contributed by atoms with Gasteiger partial charge in [-0.2, -0.15) is 0 Å². The number of rotatable bonds is 5. The van der Waals surface area contributed by atoms with Crippen molar-refractivity contribution < 1.29 is 9.53 Å². The Bertz CT molecular complexity index is 590. The van der Waals surface area contributed by atoms with Crippen LogP contribution in [-0.2, 0) is 6.42 Å². The molecule has 2 nitrogen and oxygen atoms in total. The highest BCUT2D eigenvalue weighted by Gasteiger charge is 2.17. The first-order valence-corrected chi connectivity index (χ1v) is 7.45. The lowest BCUT2D eigenvalue weighted by atomic mass is 10.1. The van der Waals surface area contributed by atoms with Crippen LogP contribution in [0.1, 0.15) is 29.8 Å². The number of hydrogen-bond donors (Lipinski definition) is 0. The molecule has 20 heavy (non-hydrogen) atoms. The number of hydrogen-bond acceptors (Lipinski definition) is 2. The van der Waals surface area contributed by atoms with E-state index in [1.165, 1.54) is 0 Å². The summed E-state index contributed by atoms with van der Waals surface area (Å²) in [5.41, 5.74) is 1.78. The lowest BCUT2D eigenvalue weighted by Gasteiger charge is -2.16. The molecule has 2 aromatic carbocycles. The number of halogens is 1. The predicted molar refractivity (Wildman–Crippen MR) is 84.4 cm³/mol. The van der Waals surface area contributed by atoms with Gasteiger partial charge in [-0.25, -0.2) is 0 Å². The van der Waals surface area contributed by atoms with Crippen molar-refractivity contribution in [3.05, 3.63) is 64.1 Å². The summed E-state index contributed by atoms with van der Waals surface area (Å²) in [5.74, 6) is 0.774. The van der Waals surface area contributed by atoms with Gasteiger partial charge in [-0.05, 0) is 37.1 Å². The first kappa shape index (κ1) is 14.8. The number of ketones is 1. The van der Waals surface area contributed by atoms with E-state index in [0.29, 0.717) is 5.56 Å². The van der Waals surface area contributed by atoms with Gasteiger partial charge in [0.05, 0.1) is 0 Å². The van der Waals surface area contributed by atoms with Crippen molar-refractivity contribution >= 4 is 21.7 Å². The lowest BCUT2D eigenvalue weighted by molar-refractivity contribution is 0.0817. The van der Waals surface area contributed by atoms with E-state index >= 15 is 0 Å². The molecule has 0 aliphatic carbocycles. The van der Waals surface area contributed by atoms with Gasteiger partial charge in [-0.3, -0.25) is 4.79 Å². The van der Waals surface area contributed by atoms with E-state index in [-0.39, 0.29) is 5.78 Å². The van der Waals surface area contributed by atoms with E-state index in [0.717, 1.165) is 22.2 Å². The van der Waals surface area contributed by atoms with Gasteiger partial charge in [0.25, 0.3) is 0 Å². The molecule has 0 spiro atoms. The summed E-state index contributed by atoms with van der Waals surface area (Å²) in [6, 6.07) is 15.2. The lowest BCUT2D eigenvalue weighted by Crippen LogP contribution is -2.24. The number of para-hydroxylation sites is 1. The number of carbonyl (C=O) groups excluding carboxylic acids is 1. The maximum absolute atomic E-state index is 12.3. The average molecular weight is 333 g/mol. The molecule has 0 bridgehead atoms. The number of ether oxygens (including phenoxy) is 1. The topological polar surface area (TPSA) is 26.3 Å². The SMILES string of the molecule is CCc1ccccc1OC(C)C(=O)c1ccc(Br)cc1. The van der Waals surface area contributed by atoms with E-state index in [2.05, 4.69) is 22.9 Å². The van der Waals surface area contributed by atoms with E-state index < -0.39 is 6.10 Å². The molecule has 0 heterocycles. The third kappa shape index (κ3) is 3.48. The zero-order valence-corrected chi connectivity index (χ0v) is 13.2. The molecule has 1 unspecified atom stereocenters. The molecule has 2 aromatic rings. The largest absolute Gasteiger partial charge is 0.482 e. The summed E-state index contributed by atoms with van der Waals surface area (Å²) in [5, 5.41) is 0. The summed E-state index contributed by atoms with van der Waals surface area (Å²) in [6.45, 7) is 3.86. The van der Waals surface area contributed by atoms with Crippen LogP contribution < -0.4 is 4.74 Å². The number of Topliss-reactive ketones (excluding diaryl/α,β-unsaturated/α-hetero) is 1. The molecule has 2 rings (SSSR count). The first-order valence-electron chi connectivity index (χ1n) is 6.66. The second-order valence-electron chi connectivity index (χ2n) is 4.59. The fourth-order valence-corrected chi connectivity index (χ4v) is 2.27. The van der Waals surface area contributed by atoms with Crippen molar-refractivity contribution in [2.75, 3.05) is 0 Å². The third-order valence-corrected chi connectivity index (χ3v) is 3.68. The highest BCUT2D eigenvalue weighted by Crippen LogP contribution is 2.21. The average Bonchev–Trinajstić information content (AvgIpc) is 2.48. The molecule has 0 fully saturated rings. The number of aryl methyl sites for hydroxylation is 1. The molecule has 1 atom stereocenters. The van der Waals surface area contributed by atoms with E-state index in [9.17, 15) is 4.79 Å². The van der Waals surface area contributed by atoms with Crippen molar-refractivity contribution in [1.29, 1.82) is 0 Å². The Hall–Kier alpha value is -1.61. The quantitative estimate of drug-likeness (QED) is 0.744.